The van der Waals surface area contributed by atoms with Crippen LogP contribution in [0.2, 0.25) is 5.02 Å². The van der Waals surface area contributed by atoms with Gasteiger partial charge in [-0.15, -0.1) is 0 Å². The fraction of sp³-hybridized carbons (Fsp3) is 0.308. The first kappa shape index (κ1) is 13.3. The van der Waals surface area contributed by atoms with Gasteiger partial charge in [-0.2, -0.15) is 11.8 Å². The van der Waals surface area contributed by atoms with Crippen molar-refractivity contribution in [1.82, 2.24) is 4.98 Å². The lowest BCUT2D eigenvalue weighted by molar-refractivity contribution is 0.322. The molecule has 0 radical (unpaired) electrons. The molecule has 0 unspecified atom stereocenters. The Morgan fingerprint density at radius 2 is 2.22 bits per heavy atom. The number of halogens is 1. The van der Waals surface area contributed by atoms with Crippen LogP contribution in [0, 0.1) is 0 Å². The highest BCUT2D eigenvalue weighted by Crippen LogP contribution is 2.28. The first-order valence-electron chi connectivity index (χ1n) is 5.65. The fourth-order valence-corrected chi connectivity index (χ4v) is 2.32. The van der Waals surface area contributed by atoms with Crippen LogP contribution in [-0.2, 0) is 0 Å². The predicted octanol–water partition coefficient (Wildman–Crippen LogP) is 3.31. The van der Waals surface area contributed by atoms with Gasteiger partial charge in [-0.3, -0.25) is 4.79 Å². The van der Waals surface area contributed by atoms with Gasteiger partial charge in [0.1, 0.15) is 5.75 Å². The molecule has 1 N–H and O–H groups in total. The van der Waals surface area contributed by atoms with Crippen molar-refractivity contribution in [2.45, 2.75) is 6.42 Å². The van der Waals surface area contributed by atoms with Crippen molar-refractivity contribution in [1.29, 1.82) is 0 Å². The molecule has 0 atom stereocenters. The summed E-state index contributed by atoms with van der Waals surface area (Å²) in [6.07, 6.45) is 3.05. The third-order valence-electron chi connectivity index (χ3n) is 2.52. The molecular formula is C13H14ClNO2S. The van der Waals surface area contributed by atoms with Gasteiger partial charge in [0, 0.05) is 16.5 Å². The van der Waals surface area contributed by atoms with E-state index in [1.807, 2.05) is 0 Å². The SMILES string of the molecule is CSCCCOc1cc(Cl)cc2[nH]c(=O)ccc12. The van der Waals surface area contributed by atoms with Crippen molar-refractivity contribution in [3.8, 4) is 5.75 Å². The van der Waals surface area contributed by atoms with Crippen LogP contribution in [0.5, 0.6) is 5.75 Å². The zero-order chi connectivity index (χ0) is 13.0. The lowest BCUT2D eigenvalue weighted by Crippen LogP contribution is -2.04. The molecule has 2 aromatic rings. The molecule has 1 aromatic heterocycles. The van der Waals surface area contributed by atoms with Gasteiger partial charge in [0.05, 0.1) is 12.1 Å². The largest absolute Gasteiger partial charge is 0.493 e. The van der Waals surface area contributed by atoms with Gasteiger partial charge in [-0.25, -0.2) is 0 Å². The van der Waals surface area contributed by atoms with E-state index in [-0.39, 0.29) is 5.56 Å². The molecule has 1 heterocycles. The Morgan fingerprint density at radius 1 is 1.39 bits per heavy atom. The minimum Gasteiger partial charge on any atom is -0.493 e. The molecule has 0 bridgehead atoms. The minimum atomic E-state index is -0.141. The van der Waals surface area contributed by atoms with E-state index in [1.54, 1.807) is 30.0 Å². The summed E-state index contributed by atoms with van der Waals surface area (Å²) in [6, 6.07) is 6.76. The van der Waals surface area contributed by atoms with Crippen LogP contribution in [0.4, 0.5) is 0 Å². The Bertz CT molecular complexity index is 597. The number of H-pyrrole nitrogens is 1. The summed E-state index contributed by atoms with van der Waals surface area (Å²) in [6.45, 7) is 0.648. The number of thioether (sulfide) groups is 1. The highest BCUT2D eigenvalue weighted by molar-refractivity contribution is 7.98. The Labute approximate surface area is 114 Å². The summed E-state index contributed by atoms with van der Waals surface area (Å²) in [4.78, 5) is 14.0. The Morgan fingerprint density at radius 3 is 3.00 bits per heavy atom. The standard InChI is InChI=1S/C13H14ClNO2S/c1-18-6-2-5-17-12-8-9(14)7-11-10(12)3-4-13(16)15-11/h3-4,7-8H,2,5-6H2,1H3,(H,15,16). The highest BCUT2D eigenvalue weighted by Gasteiger charge is 2.05. The van der Waals surface area contributed by atoms with Crippen LogP contribution in [0.25, 0.3) is 10.9 Å². The Kier molecular flexibility index (Phi) is 4.55. The molecular weight excluding hydrogens is 270 g/mol. The molecule has 0 aliphatic carbocycles. The van der Waals surface area contributed by atoms with Crippen molar-refractivity contribution < 1.29 is 4.74 Å². The number of benzene rings is 1. The summed E-state index contributed by atoms with van der Waals surface area (Å²) in [5, 5.41) is 1.44. The number of aromatic amines is 1. The zero-order valence-corrected chi connectivity index (χ0v) is 11.6. The van der Waals surface area contributed by atoms with E-state index in [2.05, 4.69) is 11.2 Å². The number of hydrogen-bond acceptors (Lipinski definition) is 3. The van der Waals surface area contributed by atoms with Crippen molar-refractivity contribution in [2.75, 3.05) is 18.6 Å². The van der Waals surface area contributed by atoms with E-state index in [1.165, 1.54) is 6.07 Å². The summed E-state index contributed by atoms with van der Waals surface area (Å²) < 4.78 is 5.72. The molecule has 5 heteroatoms. The number of rotatable bonds is 5. The smallest absolute Gasteiger partial charge is 0.248 e. The Balaban J connectivity index is 2.28. The number of ether oxygens (including phenoxy) is 1. The molecule has 3 nitrogen and oxygen atoms in total. The lowest BCUT2D eigenvalue weighted by Gasteiger charge is -2.09. The maximum atomic E-state index is 11.3. The first-order chi connectivity index (χ1) is 8.70. The summed E-state index contributed by atoms with van der Waals surface area (Å²) in [7, 11) is 0. The number of hydrogen-bond donors (Lipinski definition) is 1. The number of pyridine rings is 1. The van der Waals surface area contributed by atoms with E-state index >= 15 is 0 Å². The van der Waals surface area contributed by atoms with Gasteiger partial charge in [-0.05, 0) is 36.6 Å². The summed E-state index contributed by atoms with van der Waals surface area (Å²) >= 11 is 7.80. The fourth-order valence-electron chi connectivity index (χ4n) is 1.71. The molecule has 0 fully saturated rings. The van der Waals surface area contributed by atoms with Gasteiger partial charge in [0.2, 0.25) is 5.56 Å². The maximum Gasteiger partial charge on any atom is 0.248 e. The van der Waals surface area contributed by atoms with Gasteiger partial charge in [0.25, 0.3) is 0 Å². The third kappa shape index (κ3) is 3.21. The van der Waals surface area contributed by atoms with Crippen LogP contribution in [0.1, 0.15) is 6.42 Å². The van der Waals surface area contributed by atoms with E-state index in [4.69, 9.17) is 16.3 Å². The van der Waals surface area contributed by atoms with Gasteiger partial charge in [-0.1, -0.05) is 11.6 Å². The summed E-state index contributed by atoms with van der Waals surface area (Å²) in [5.41, 5.74) is 0.563. The van der Waals surface area contributed by atoms with Crippen LogP contribution in [-0.4, -0.2) is 23.6 Å². The first-order valence-corrected chi connectivity index (χ1v) is 7.42. The number of nitrogens with one attached hydrogen (secondary N) is 1. The van der Waals surface area contributed by atoms with Crippen molar-refractivity contribution in [3.63, 3.8) is 0 Å². The summed E-state index contributed by atoms with van der Waals surface area (Å²) in [5.74, 6) is 1.78. The molecule has 1 aromatic carbocycles. The van der Waals surface area contributed by atoms with E-state index in [0.717, 1.165) is 23.3 Å². The molecule has 96 valence electrons. The number of fused-ring (bicyclic) bond motifs is 1. The second-order valence-corrected chi connectivity index (χ2v) is 5.30. The predicted molar refractivity (Wildman–Crippen MR) is 78.1 cm³/mol. The third-order valence-corrected chi connectivity index (χ3v) is 3.43. The quantitative estimate of drug-likeness (QED) is 0.856. The molecule has 0 aliphatic rings. The van der Waals surface area contributed by atoms with Crippen molar-refractivity contribution in [3.05, 3.63) is 39.6 Å². The van der Waals surface area contributed by atoms with E-state index < -0.39 is 0 Å². The lowest BCUT2D eigenvalue weighted by atomic mass is 10.2. The topological polar surface area (TPSA) is 42.1 Å². The van der Waals surface area contributed by atoms with E-state index in [9.17, 15) is 4.79 Å². The van der Waals surface area contributed by atoms with E-state index in [0.29, 0.717) is 17.1 Å². The minimum absolute atomic E-state index is 0.141. The zero-order valence-electron chi connectivity index (χ0n) is 10.0. The second kappa shape index (κ2) is 6.16. The molecule has 0 saturated carbocycles. The van der Waals surface area contributed by atoms with Crippen LogP contribution < -0.4 is 10.3 Å². The second-order valence-electron chi connectivity index (χ2n) is 3.88. The monoisotopic (exact) mass is 283 g/mol. The van der Waals surface area contributed by atoms with Crippen molar-refractivity contribution in [2.24, 2.45) is 0 Å². The molecule has 0 saturated heterocycles. The van der Waals surface area contributed by atoms with Gasteiger partial charge < -0.3 is 9.72 Å². The van der Waals surface area contributed by atoms with Crippen LogP contribution >= 0.6 is 23.4 Å². The van der Waals surface area contributed by atoms with Crippen molar-refractivity contribution >= 4 is 34.3 Å². The number of aromatic nitrogens is 1. The maximum absolute atomic E-state index is 11.3. The van der Waals surface area contributed by atoms with Gasteiger partial charge in [0.15, 0.2) is 0 Å². The molecule has 0 spiro atoms. The molecule has 2 rings (SSSR count). The van der Waals surface area contributed by atoms with Crippen LogP contribution in [0.3, 0.4) is 0 Å². The average molecular weight is 284 g/mol. The van der Waals surface area contributed by atoms with Gasteiger partial charge >= 0.3 is 0 Å². The average Bonchev–Trinajstić information content (AvgIpc) is 2.33. The molecule has 0 aliphatic heterocycles. The highest BCUT2D eigenvalue weighted by atomic mass is 35.5. The molecule has 18 heavy (non-hydrogen) atoms. The normalized spacial score (nSPS) is 10.8. The Hall–Kier alpha value is -1.13. The van der Waals surface area contributed by atoms with Crippen LogP contribution in [0.15, 0.2) is 29.1 Å². The molecule has 0 amide bonds.